The molecule has 8 N–H and O–H groups in total. The number of nitrogens with two attached hydrogens (primary N) is 1. The molecule has 0 radical (unpaired) electrons. The zero-order chi connectivity index (χ0) is 26.3. The number of phosphoric acid groups is 3. The zero-order valence-electron chi connectivity index (χ0n) is 17.5. The molecule has 0 bridgehead atoms. The van der Waals surface area contributed by atoms with Crippen LogP contribution in [0.5, 0.6) is 0 Å². The maximum absolute atomic E-state index is 12.1. The molecule has 1 aliphatic rings. The Hall–Kier alpha value is -1.54. The molecule has 18 nitrogen and oxygen atoms in total. The summed E-state index contributed by atoms with van der Waals surface area (Å²) in [5, 5.41) is 24.9. The fourth-order valence-corrected chi connectivity index (χ4v) is 5.18. The second-order valence-electron chi connectivity index (χ2n) is 5.76. The van der Waals surface area contributed by atoms with E-state index < -0.39 is 59.8 Å². The van der Waals surface area contributed by atoms with Crippen molar-refractivity contribution in [1.29, 1.82) is 0 Å². The van der Waals surface area contributed by atoms with Gasteiger partial charge in [0, 0.05) is 0 Å². The predicted octanol–water partition coefficient (Wildman–Crippen LogP) is -2.42. The minimum Gasteiger partial charge on any atom is -0.386 e. The molecule has 2 heterocycles. The highest BCUT2D eigenvalue weighted by Gasteiger charge is 2.57. The molecule has 0 amide bonds. The van der Waals surface area contributed by atoms with Crippen molar-refractivity contribution in [3.63, 3.8) is 0 Å². The maximum atomic E-state index is 12.1. The third-order valence-corrected chi connectivity index (χ3v) is 7.04. The molecule has 6 atom stereocenters. The topological polar surface area (TPSA) is 283 Å². The van der Waals surface area contributed by atoms with Crippen LogP contribution >= 0.6 is 23.5 Å². The number of aliphatic hydroxyl groups excluding tert-OH is 1. The second-order valence-corrected chi connectivity index (χ2v) is 10.1. The molecule has 32 heavy (non-hydrogen) atoms. The SMILES string of the molecule is [2H]C([2H])(OP(=O)(O)OP(=O)(O)OP(=O)(O)O)[C@H]1O[C@@H](n2ncc(N)nc2=O)C(O)(C#CC)[C@H]1O. The molecule has 1 fully saturated rings. The van der Waals surface area contributed by atoms with Crippen LogP contribution in [0.4, 0.5) is 5.82 Å². The van der Waals surface area contributed by atoms with Gasteiger partial charge in [-0.2, -0.15) is 23.4 Å². The van der Waals surface area contributed by atoms with Crippen molar-refractivity contribution >= 4 is 29.3 Å². The fourth-order valence-electron chi connectivity index (χ4n) is 2.30. The second kappa shape index (κ2) is 9.37. The smallest absolute Gasteiger partial charge is 0.386 e. The Labute approximate surface area is 180 Å². The minimum absolute atomic E-state index is 0.324. The van der Waals surface area contributed by atoms with Crippen molar-refractivity contribution in [2.24, 2.45) is 0 Å². The van der Waals surface area contributed by atoms with E-state index in [0.717, 1.165) is 6.20 Å². The highest BCUT2D eigenvalue weighted by atomic mass is 31.3. The highest BCUT2D eigenvalue weighted by Crippen LogP contribution is 2.66. The molecular weight excluding hydrogens is 505 g/mol. The van der Waals surface area contributed by atoms with Crippen molar-refractivity contribution in [3.8, 4) is 11.8 Å². The summed E-state index contributed by atoms with van der Waals surface area (Å²) in [5.41, 5.74) is 1.29. The van der Waals surface area contributed by atoms with E-state index in [-0.39, 0.29) is 5.82 Å². The fraction of sp³-hybridized carbons (Fsp3) is 0.545. The Kier molecular flexibility index (Phi) is 6.92. The molecule has 21 heteroatoms. The molecule has 180 valence electrons. The van der Waals surface area contributed by atoms with Crippen LogP contribution in [-0.2, 0) is 31.6 Å². The number of rotatable bonds is 8. The first-order chi connectivity index (χ1) is 15.2. The lowest BCUT2D eigenvalue weighted by molar-refractivity contribution is -0.0833. The van der Waals surface area contributed by atoms with Gasteiger partial charge in [0.1, 0.15) is 18.0 Å². The Morgan fingerprint density at radius 3 is 2.47 bits per heavy atom. The molecule has 1 aromatic heterocycles. The molecule has 2 rings (SSSR count). The first-order valence-electron chi connectivity index (χ1n) is 8.79. The standard InChI is InChI=1S/C11H17N4O14P3/c1-2-3-11(18)8(16)6(27-9(11)15-10(17)14-7(12)4-13-15)5-26-31(22,23)29-32(24,25)28-30(19,20)21/h4,6,8-9,16,18H,5H2,1H3,(H,22,23)(H,24,25)(H2,12,14,17)(H2,19,20,21)/t6-,8+,9-,11?/m1/s1/i5D2. The number of nitrogens with zero attached hydrogens (tertiary/aromatic N) is 3. The van der Waals surface area contributed by atoms with Gasteiger partial charge in [0.05, 0.1) is 15.5 Å². The Morgan fingerprint density at radius 2 is 1.94 bits per heavy atom. The van der Waals surface area contributed by atoms with Crippen molar-refractivity contribution in [2.45, 2.75) is 31.0 Å². The van der Waals surface area contributed by atoms with E-state index in [2.05, 4.69) is 35.1 Å². The van der Waals surface area contributed by atoms with Gasteiger partial charge >= 0.3 is 29.2 Å². The van der Waals surface area contributed by atoms with Gasteiger partial charge in [-0.25, -0.2) is 18.5 Å². The van der Waals surface area contributed by atoms with Crippen molar-refractivity contribution < 1.29 is 64.1 Å². The van der Waals surface area contributed by atoms with Crippen LogP contribution in [0.3, 0.4) is 0 Å². The molecule has 0 aromatic carbocycles. The first-order valence-corrected chi connectivity index (χ1v) is 12.3. The van der Waals surface area contributed by atoms with Crippen LogP contribution < -0.4 is 11.4 Å². The summed E-state index contributed by atoms with van der Waals surface area (Å²) in [6.07, 6.45) is -6.14. The lowest BCUT2D eigenvalue weighted by Crippen LogP contribution is -2.48. The average Bonchev–Trinajstić information content (AvgIpc) is 2.83. The number of nitrogen functional groups attached to an aromatic ring is 1. The first kappa shape index (κ1) is 23.6. The average molecular weight is 524 g/mol. The summed E-state index contributed by atoms with van der Waals surface area (Å²) < 4.78 is 66.3. The quantitative estimate of drug-likeness (QED) is 0.137. The van der Waals surface area contributed by atoms with Crippen LogP contribution in [0.25, 0.3) is 0 Å². The van der Waals surface area contributed by atoms with Gasteiger partial charge in [0.2, 0.25) is 5.60 Å². The summed E-state index contributed by atoms with van der Waals surface area (Å²) in [7, 11) is -17.8. The summed E-state index contributed by atoms with van der Waals surface area (Å²) in [4.78, 5) is 51.3. The van der Waals surface area contributed by atoms with Gasteiger partial charge in [0.15, 0.2) is 6.23 Å². The molecule has 1 aliphatic heterocycles. The summed E-state index contributed by atoms with van der Waals surface area (Å²) in [6.45, 7) is -2.48. The number of hydrogen-bond acceptors (Lipinski definition) is 13. The van der Waals surface area contributed by atoms with Crippen molar-refractivity contribution in [1.82, 2.24) is 14.8 Å². The zero-order valence-corrected chi connectivity index (χ0v) is 18.2. The summed E-state index contributed by atoms with van der Waals surface area (Å²) in [5.74, 6) is 3.95. The molecule has 0 saturated carbocycles. The van der Waals surface area contributed by atoms with Gasteiger partial charge < -0.3 is 40.3 Å². The van der Waals surface area contributed by atoms with Crippen LogP contribution in [0.1, 0.15) is 15.9 Å². The molecule has 1 saturated heterocycles. The van der Waals surface area contributed by atoms with Crippen LogP contribution in [0.15, 0.2) is 11.0 Å². The third-order valence-electron chi connectivity index (χ3n) is 3.37. The van der Waals surface area contributed by atoms with Gasteiger partial charge in [-0.1, -0.05) is 5.92 Å². The highest BCUT2D eigenvalue weighted by molar-refractivity contribution is 7.66. The van der Waals surface area contributed by atoms with E-state index >= 15 is 0 Å². The van der Waals surface area contributed by atoms with Crippen molar-refractivity contribution in [3.05, 3.63) is 16.7 Å². The minimum atomic E-state index is -6.04. The van der Waals surface area contributed by atoms with Gasteiger partial charge in [-0.3, -0.25) is 4.52 Å². The van der Waals surface area contributed by atoms with E-state index in [1.54, 1.807) is 0 Å². The van der Waals surface area contributed by atoms with E-state index in [9.17, 15) is 38.5 Å². The number of ether oxygens (including phenoxy) is 1. The summed E-state index contributed by atoms with van der Waals surface area (Å²) >= 11 is 0. The number of anilines is 1. The Balaban J connectivity index is 2.40. The van der Waals surface area contributed by atoms with E-state index in [1.165, 1.54) is 6.92 Å². The number of hydrogen-bond donors (Lipinski definition) is 7. The van der Waals surface area contributed by atoms with Gasteiger partial charge in [-0.15, -0.1) is 5.92 Å². The van der Waals surface area contributed by atoms with Crippen LogP contribution in [-0.4, -0.2) is 68.9 Å². The summed E-state index contributed by atoms with van der Waals surface area (Å²) in [6, 6.07) is 0. The van der Waals surface area contributed by atoms with Crippen LogP contribution in [0, 0.1) is 11.8 Å². The van der Waals surface area contributed by atoms with E-state index in [1.807, 2.05) is 0 Å². The molecule has 3 unspecified atom stereocenters. The van der Waals surface area contributed by atoms with Crippen molar-refractivity contribution in [2.75, 3.05) is 12.3 Å². The molecule has 1 aromatic rings. The van der Waals surface area contributed by atoms with E-state index in [0.29, 0.717) is 4.68 Å². The Morgan fingerprint density at radius 1 is 1.31 bits per heavy atom. The molecule has 0 aliphatic carbocycles. The van der Waals surface area contributed by atoms with E-state index in [4.69, 9.17) is 23.0 Å². The molecular formula is C11H17N4O14P3. The number of aliphatic hydroxyl groups is 2. The van der Waals surface area contributed by atoms with Crippen LogP contribution in [0.2, 0.25) is 0 Å². The number of phosphoric ester groups is 1. The van der Waals surface area contributed by atoms with Gasteiger partial charge in [0.25, 0.3) is 0 Å². The largest absolute Gasteiger partial charge is 0.490 e. The monoisotopic (exact) mass is 524 g/mol. The number of aromatic nitrogens is 3. The lowest BCUT2D eigenvalue weighted by atomic mass is 9.95. The lowest BCUT2D eigenvalue weighted by Gasteiger charge is -2.25. The van der Waals surface area contributed by atoms with Gasteiger partial charge in [-0.05, 0) is 6.92 Å². The normalized spacial score (nSPS) is 30.9. The Bertz CT molecular complexity index is 1210. The predicted molar refractivity (Wildman–Crippen MR) is 98.8 cm³/mol. The molecule has 0 spiro atoms. The third kappa shape index (κ3) is 6.50. The maximum Gasteiger partial charge on any atom is 0.490 e.